The van der Waals surface area contributed by atoms with Crippen molar-refractivity contribution in [1.82, 2.24) is 4.90 Å². The Morgan fingerprint density at radius 2 is 2.00 bits per heavy atom. The van der Waals surface area contributed by atoms with Crippen molar-refractivity contribution in [2.75, 3.05) is 13.2 Å². The third-order valence-electron chi connectivity index (χ3n) is 2.52. The first-order valence-electron chi connectivity index (χ1n) is 5.34. The maximum Gasteiger partial charge on any atom is 0.0637 e. The molecule has 0 bridgehead atoms. The van der Waals surface area contributed by atoms with Gasteiger partial charge in [-0.1, -0.05) is 35.3 Å². The molecule has 1 N–H and O–H groups in total. The highest BCUT2D eigenvalue weighted by Crippen LogP contribution is 2.26. The molecule has 0 aromatic heterocycles. The van der Waals surface area contributed by atoms with Crippen LogP contribution in [0.4, 0.5) is 0 Å². The van der Waals surface area contributed by atoms with Crippen molar-refractivity contribution < 1.29 is 5.11 Å². The van der Waals surface area contributed by atoms with Crippen LogP contribution in [0.5, 0.6) is 0 Å². The largest absolute Gasteiger partial charge is 0.395 e. The highest BCUT2D eigenvalue weighted by molar-refractivity contribution is 6.42. The normalized spacial score (nSPS) is 11.4. The summed E-state index contributed by atoms with van der Waals surface area (Å²) >= 11 is 12.1. The smallest absolute Gasteiger partial charge is 0.0637 e. The Bertz CT molecular complexity index is 342. The van der Waals surface area contributed by atoms with E-state index in [0.29, 0.717) is 29.2 Å². The van der Waals surface area contributed by atoms with E-state index >= 15 is 0 Å². The molecule has 1 aromatic rings. The quantitative estimate of drug-likeness (QED) is 0.880. The molecular weight excluding hydrogens is 245 g/mol. The summed E-state index contributed by atoms with van der Waals surface area (Å²) in [5, 5.41) is 10.2. The Balaban J connectivity index is 2.81. The first-order chi connectivity index (χ1) is 7.56. The number of rotatable bonds is 5. The van der Waals surface area contributed by atoms with E-state index in [1.54, 1.807) is 6.07 Å². The summed E-state index contributed by atoms with van der Waals surface area (Å²) in [6.07, 6.45) is 0. The Hall–Kier alpha value is -0.280. The third-order valence-corrected chi connectivity index (χ3v) is 3.38. The molecule has 16 heavy (non-hydrogen) atoms. The molecule has 2 nitrogen and oxygen atoms in total. The molecule has 1 aromatic carbocycles. The zero-order valence-electron chi connectivity index (χ0n) is 9.58. The minimum Gasteiger partial charge on any atom is -0.395 e. The zero-order valence-corrected chi connectivity index (χ0v) is 11.1. The summed E-state index contributed by atoms with van der Waals surface area (Å²) in [4.78, 5) is 2.15. The lowest BCUT2D eigenvalue weighted by Gasteiger charge is -2.26. The molecule has 0 atom stereocenters. The second kappa shape index (κ2) is 6.45. The van der Waals surface area contributed by atoms with E-state index in [1.807, 2.05) is 12.1 Å². The number of hydrogen-bond donors (Lipinski definition) is 1. The second-order valence-electron chi connectivity index (χ2n) is 4.00. The summed E-state index contributed by atoms with van der Waals surface area (Å²) in [6.45, 7) is 5.68. The Morgan fingerprint density at radius 1 is 1.31 bits per heavy atom. The molecule has 0 spiro atoms. The predicted octanol–water partition coefficient (Wildman–Crippen LogP) is 3.20. The fourth-order valence-corrected chi connectivity index (χ4v) is 1.92. The summed E-state index contributed by atoms with van der Waals surface area (Å²) in [6, 6.07) is 5.99. The standard InChI is InChI=1S/C12H17Cl2NO/c1-9(2)15(6-7-16)8-10-4-3-5-11(13)12(10)14/h3-5,9,16H,6-8H2,1-2H3. The molecule has 4 heteroatoms. The lowest BCUT2D eigenvalue weighted by Crippen LogP contribution is -2.33. The van der Waals surface area contributed by atoms with Crippen LogP contribution in [0, 0.1) is 0 Å². The second-order valence-corrected chi connectivity index (χ2v) is 4.79. The van der Waals surface area contributed by atoms with Crippen molar-refractivity contribution in [1.29, 1.82) is 0 Å². The van der Waals surface area contributed by atoms with Gasteiger partial charge in [-0.3, -0.25) is 4.90 Å². The van der Waals surface area contributed by atoms with Gasteiger partial charge in [0.15, 0.2) is 0 Å². The maximum atomic E-state index is 8.99. The van der Waals surface area contributed by atoms with Gasteiger partial charge < -0.3 is 5.11 Å². The summed E-state index contributed by atoms with van der Waals surface area (Å²) in [7, 11) is 0. The molecular formula is C12H17Cl2NO. The average molecular weight is 262 g/mol. The molecule has 0 fully saturated rings. The minimum absolute atomic E-state index is 0.149. The van der Waals surface area contributed by atoms with Crippen molar-refractivity contribution in [3.8, 4) is 0 Å². The number of nitrogens with zero attached hydrogens (tertiary/aromatic N) is 1. The van der Waals surface area contributed by atoms with E-state index in [2.05, 4.69) is 18.7 Å². The summed E-state index contributed by atoms with van der Waals surface area (Å²) < 4.78 is 0. The van der Waals surface area contributed by atoms with Gasteiger partial charge in [-0.2, -0.15) is 0 Å². The molecule has 0 unspecified atom stereocenters. The molecule has 0 aliphatic carbocycles. The summed E-state index contributed by atoms with van der Waals surface area (Å²) in [5.41, 5.74) is 0.997. The average Bonchev–Trinajstić information content (AvgIpc) is 2.23. The number of aliphatic hydroxyl groups is 1. The van der Waals surface area contributed by atoms with Crippen molar-refractivity contribution in [3.05, 3.63) is 33.8 Å². The molecule has 0 heterocycles. The van der Waals surface area contributed by atoms with Gasteiger partial charge in [0.2, 0.25) is 0 Å². The van der Waals surface area contributed by atoms with Gasteiger partial charge in [-0.25, -0.2) is 0 Å². The van der Waals surface area contributed by atoms with Gasteiger partial charge in [0.1, 0.15) is 0 Å². The van der Waals surface area contributed by atoms with E-state index in [0.717, 1.165) is 5.56 Å². The lowest BCUT2D eigenvalue weighted by atomic mass is 10.2. The van der Waals surface area contributed by atoms with E-state index in [1.165, 1.54) is 0 Å². The van der Waals surface area contributed by atoms with Crippen molar-refractivity contribution in [2.24, 2.45) is 0 Å². The van der Waals surface area contributed by atoms with Crippen molar-refractivity contribution in [3.63, 3.8) is 0 Å². The zero-order chi connectivity index (χ0) is 12.1. The van der Waals surface area contributed by atoms with Crippen LogP contribution in [0.15, 0.2) is 18.2 Å². The molecule has 0 saturated carbocycles. The van der Waals surface area contributed by atoms with Crippen LogP contribution >= 0.6 is 23.2 Å². The highest BCUT2D eigenvalue weighted by atomic mass is 35.5. The van der Waals surface area contributed by atoms with E-state index in [9.17, 15) is 0 Å². The Morgan fingerprint density at radius 3 is 2.56 bits per heavy atom. The number of halogens is 2. The van der Waals surface area contributed by atoms with Crippen LogP contribution in [0.25, 0.3) is 0 Å². The van der Waals surface area contributed by atoms with Crippen molar-refractivity contribution >= 4 is 23.2 Å². The minimum atomic E-state index is 0.149. The Labute approximate surface area is 107 Å². The predicted molar refractivity (Wildman–Crippen MR) is 69.1 cm³/mol. The van der Waals surface area contributed by atoms with Gasteiger partial charge in [0, 0.05) is 19.1 Å². The third kappa shape index (κ3) is 3.63. The summed E-state index contributed by atoms with van der Waals surface area (Å²) in [5.74, 6) is 0. The molecule has 0 amide bonds. The van der Waals surface area contributed by atoms with Gasteiger partial charge in [-0.05, 0) is 25.5 Å². The van der Waals surface area contributed by atoms with Crippen LogP contribution < -0.4 is 0 Å². The molecule has 1 rings (SSSR count). The van der Waals surface area contributed by atoms with Gasteiger partial charge in [-0.15, -0.1) is 0 Å². The number of aliphatic hydroxyl groups excluding tert-OH is 1. The fraction of sp³-hybridized carbons (Fsp3) is 0.500. The van der Waals surface area contributed by atoms with Crippen LogP contribution in [0.1, 0.15) is 19.4 Å². The van der Waals surface area contributed by atoms with Crippen LogP contribution in [-0.2, 0) is 6.54 Å². The van der Waals surface area contributed by atoms with Crippen molar-refractivity contribution in [2.45, 2.75) is 26.4 Å². The Kier molecular flexibility index (Phi) is 5.56. The maximum absolute atomic E-state index is 8.99. The highest BCUT2D eigenvalue weighted by Gasteiger charge is 2.12. The van der Waals surface area contributed by atoms with Gasteiger partial charge >= 0.3 is 0 Å². The molecule has 0 saturated heterocycles. The molecule has 0 aliphatic heterocycles. The van der Waals surface area contributed by atoms with Gasteiger partial charge in [0.25, 0.3) is 0 Å². The first-order valence-corrected chi connectivity index (χ1v) is 6.09. The monoisotopic (exact) mass is 261 g/mol. The van der Waals surface area contributed by atoms with Crippen LogP contribution in [-0.4, -0.2) is 29.2 Å². The molecule has 0 aliphatic rings. The van der Waals surface area contributed by atoms with Gasteiger partial charge in [0.05, 0.1) is 16.7 Å². The van der Waals surface area contributed by atoms with E-state index in [-0.39, 0.29) is 6.61 Å². The fourth-order valence-electron chi connectivity index (χ4n) is 1.54. The van der Waals surface area contributed by atoms with Crippen LogP contribution in [0.2, 0.25) is 10.0 Å². The topological polar surface area (TPSA) is 23.5 Å². The number of benzene rings is 1. The number of hydrogen-bond acceptors (Lipinski definition) is 2. The molecule has 90 valence electrons. The van der Waals surface area contributed by atoms with Crippen LogP contribution in [0.3, 0.4) is 0 Å². The first kappa shape index (κ1) is 13.8. The molecule has 0 radical (unpaired) electrons. The van der Waals surface area contributed by atoms with E-state index < -0.39 is 0 Å². The van der Waals surface area contributed by atoms with E-state index in [4.69, 9.17) is 28.3 Å². The lowest BCUT2D eigenvalue weighted by molar-refractivity contribution is 0.159. The SMILES string of the molecule is CC(C)N(CCO)Cc1cccc(Cl)c1Cl.